The molecule has 0 aromatic rings. The Balaban J connectivity index is 1.07. The van der Waals surface area contributed by atoms with E-state index in [0.29, 0.717) is 5.92 Å². The Morgan fingerprint density at radius 1 is 0.595 bits per heavy atom. The molecule has 4 fully saturated rings. The SMILES string of the molecule is CCCCCC1CCC(OC(=O)C2CCC(/C=C/C3CCC(C4CCC(CCC)CC4)CC3)CC2)CC1. The Labute approximate surface area is 230 Å². The van der Waals surface area contributed by atoms with Crippen LogP contribution in [0.3, 0.4) is 0 Å². The van der Waals surface area contributed by atoms with Crippen LogP contribution in [0.2, 0.25) is 0 Å². The third-order valence-corrected chi connectivity index (χ3v) is 11.1. The van der Waals surface area contributed by atoms with Gasteiger partial charge in [-0.25, -0.2) is 0 Å². The second-order valence-electron chi connectivity index (χ2n) is 13.8. The van der Waals surface area contributed by atoms with E-state index in [9.17, 15) is 4.79 Å². The van der Waals surface area contributed by atoms with Crippen molar-refractivity contribution in [3.05, 3.63) is 12.2 Å². The zero-order valence-electron chi connectivity index (χ0n) is 24.6. The summed E-state index contributed by atoms with van der Waals surface area (Å²) in [6.45, 7) is 4.63. The Morgan fingerprint density at radius 2 is 1.11 bits per heavy atom. The molecular weight excluding hydrogens is 452 g/mol. The van der Waals surface area contributed by atoms with Crippen molar-refractivity contribution in [1.82, 2.24) is 0 Å². The molecule has 0 radical (unpaired) electrons. The van der Waals surface area contributed by atoms with E-state index in [1.165, 1.54) is 116 Å². The fourth-order valence-electron chi connectivity index (χ4n) is 8.51. The molecule has 212 valence electrons. The molecule has 0 N–H and O–H groups in total. The molecule has 0 amide bonds. The molecule has 0 atom stereocenters. The first-order chi connectivity index (χ1) is 18.1. The average Bonchev–Trinajstić information content (AvgIpc) is 2.94. The Hall–Kier alpha value is -0.790. The van der Waals surface area contributed by atoms with Crippen molar-refractivity contribution in [2.75, 3.05) is 0 Å². The molecular formula is C35H60O2. The molecule has 4 saturated carbocycles. The van der Waals surface area contributed by atoms with Gasteiger partial charge in [-0.3, -0.25) is 4.79 Å². The van der Waals surface area contributed by atoms with Gasteiger partial charge in [-0.15, -0.1) is 0 Å². The topological polar surface area (TPSA) is 26.3 Å². The summed E-state index contributed by atoms with van der Waals surface area (Å²) in [4.78, 5) is 12.8. The largest absolute Gasteiger partial charge is 0.462 e. The summed E-state index contributed by atoms with van der Waals surface area (Å²) >= 11 is 0. The van der Waals surface area contributed by atoms with E-state index in [4.69, 9.17) is 4.74 Å². The van der Waals surface area contributed by atoms with E-state index >= 15 is 0 Å². The lowest BCUT2D eigenvalue weighted by Crippen LogP contribution is -2.30. The Kier molecular flexibility index (Phi) is 12.4. The monoisotopic (exact) mass is 512 g/mol. The van der Waals surface area contributed by atoms with Crippen molar-refractivity contribution >= 4 is 5.97 Å². The highest BCUT2D eigenvalue weighted by Gasteiger charge is 2.32. The number of ether oxygens (including phenoxy) is 1. The summed E-state index contributed by atoms with van der Waals surface area (Å²) in [7, 11) is 0. The molecule has 0 unspecified atom stereocenters. The van der Waals surface area contributed by atoms with Crippen LogP contribution in [-0.4, -0.2) is 12.1 Å². The molecule has 0 saturated heterocycles. The van der Waals surface area contributed by atoms with Gasteiger partial charge in [-0.2, -0.15) is 0 Å². The van der Waals surface area contributed by atoms with Gasteiger partial charge >= 0.3 is 5.97 Å². The Morgan fingerprint density at radius 3 is 1.68 bits per heavy atom. The number of unbranched alkanes of at least 4 members (excludes halogenated alkanes) is 2. The summed E-state index contributed by atoms with van der Waals surface area (Å²) in [5, 5.41) is 0. The van der Waals surface area contributed by atoms with Gasteiger partial charge in [0.05, 0.1) is 5.92 Å². The van der Waals surface area contributed by atoms with Crippen molar-refractivity contribution in [2.24, 2.45) is 41.4 Å². The minimum Gasteiger partial charge on any atom is -0.462 e. The predicted molar refractivity (Wildman–Crippen MR) is 156 cm³/mol. The predicted octanol–water partition coefficient (Wildman–Crippen LogP) is 10.4. The van der Waals surface area contributed by atoms with Crippen LogP contribution in [0.1, 0.15) is 155 Å². The standard InChI is InChI=1S/C35H60O2/c1-3-5-6-8-28-17-25-34(26-18-28)37-35(36)33-23-15-30(16-24-33)10-9-29-13-21-32(22-14-29)31-19-11-27(7-4-2)12-20-31/h9-10,27-34H,3-8,11-26H2,1-2H3/b10-9+. The van der Waals surface area contributed by atoms with Crippen LogP contribution in [0, 0.1) is 41.4 Å². The molecule has 4 rings (SSSR count). The van der Waals surface area contributed by atoms with Crippen LogP contribution in [0.5, 0.6) is 0 Å². The highest BCUT2D eigenvalue weighted by Crippen LogP contribution is 2.43. The highest BCUT2D eigenvalue weighted by atomic mass is 16.5. The molecule has 0 aromatic carbocycles. The van der Waals surface area contributed by atoms with Crippen molar-refractivity contribution in [1.29, 1.82) is 0 Å². The van der Waals surface area contributed by atoms with Gasteiger partial charge in [-0.05, 0) is 125 Å². The highest BCUT2D eigenvalue weighted by molar-refractivity contribution is 5.72. The smallest absolute Gasteiger partial charge is 0.309 e. The third-order valence-electron chi connectivity index (χ3n) is 11.1. The molecule has 2 heteroatoms. The maximum absolute atomic E-state index is 12.8. The normalized spacial score (nSPS) is 37.5. The van der Waals surface area contributed by atoms with Crippen molar-refractivity contribution in [3.63, 3.8) is 0 Å². The van der Waals surface area contributed by atoms with E-state index in [1.54, 1.807) is 0 Å². The number of carbonyl (C=O) groups is 1. The average molecular weight is 513 g/mol. The molecule has 0 aromatic heterocycles. The zero-order chi connectivity index (χ0) is 25.9. The van der Waals surface area contributed by atoms with Gasteiger partial charge in [0, 0.05) is 0 Å². The van der Waals surface area contributed by atoms with Gasteiger partial charge in [-0.1, -0.05) is 77.4 Å². The maximum Gasteiger partial charge on any atom is 0.309 e. The lowest BCUT2D eigenvalue weighted by molar-refractivity contribution is -0.157. The second-order valence-corrected chi connectivity index (χ2v) is 13.8. The van der Waals surface area contributed by atoms with Crippen LogP contribution < -0.4 is 0 Å². The first-order valence-electron chi connectivity index (χ1n) is 17.0. The van der Waals surface area contributed by atoms with E-state index < -0.39 is 0 Å². The number of hydrogen-bond donors (Lipinski definition) is 0. The van der Waals surface area contributed by atoms with Crippen LogP contribution >= 0.6 is 0 Å². The number of hydrogen-bond acceptors (Lipinski definition) is 2. The number of allylic oxidation sites excluding steroid dienone is 2. The lowest BCUT2D eigenvalue weighted by atomic mass is 9.68. The van der Waals surface area contributed by atoms with E-state index in [0.717, 1.165) is 55.3 Å². The van der Waals surface area contributed by atoms with Gasteiger partial charge < -0.3 is 4.74 Å². The van der Waals surface area contributed by atoms with Crippen LogP contribution in [0.4, 0.5) is 0 Å². The second kappa shape index (κ2) is 15.7. The molecule has 2 nitrogen and oxygen atoms in total. The first-order valence-corrected chi connectivity index (χ1v) is 17.0. The fraction of sp³-hybridized carbons (Fsp3) is 0.914. The molecule has 0 spiro atoms. The lowest BCUT2D eigenvalue weighted by Gasteiger charge is -2.37. The summed E-state index contributed by atoms with van der Waals surface area (Å²) in [6.07, 6.45) is 34.6. The quantitative estimate of drug-likeness (QED) is 0.156. The summed E-state index contributed by atoms with van der Waals surface area (Å²) < 4.78 is 6.02. The fourth-order valence-corrected chi connectivity index (χ4v) is 8.51. The molecule has 0 aliphatic heterocycles. The summed E-state index contributed by atoms with van der Waals surface area (Å²) in [5.41, 5.74) is 0. The third kappa shape index (κ3) is 9.42. The van der Waals surface area contributed by atoms with Crippen molar-refractivity contribution < 1.29 is 9.53 Å². The van der Waals surface area contributed by atoms with Crippen molar-refractivity contribution in [2.45, 2.75) is 161 Å². The van der Waals surface area contributed by atoms with Crippen LogP contribution in [-0.2, 0) is 9.53 Å². The number of rotatable bonds is 11. The number of esters is 1. The van der Waals surface area contributed by atoms with Gasteiger partial charge in [0.25, 0.3) is 0 Å². The van der Waals surface area contributed by atoms with E-state index in [-0.39, 0.29) is 18.0 Å². The van der Waals surface area contributed by atoms with E-state index in [2.05, 4.69) is 26.0 Å². The summed E-state index contributed by atoms with van der Waals surface area (Å²) in [6, 6.07) is 0. The molecule has 0 heterocycles. The minimum absolute atomic E-state index is 0.124. The Bertz CT molecular complexity index is 651. The maximum atomic E-state index is 12.8. The summed E-state index contributed by atoms with van der Waals surface area (Å²) in [5.74, 6) is 5.76. The van der Waals surface area contributed by atoms with Gasteiger partial charge in [0.2, 0.25) is 0 Å². The minimum atomic E-state index is 0.124. The van der Waals surface area contributed by atoms with Crippen molar-refractivity contribution in [3.8, 4) is 0 Å². The van der Waals surface area contributed by atoms with Crippen LogP contribution in [0.25, 0.3) is 0 Å². The molecule has 4 aliphatic rings. The van der Waals surface area contributed by atoms with Gasteiger partial charge in [0.1, 0.15) is 6.10 Å². The molecule has 37 heavy (non-hydrogen) atoms. The van der Waals surface area contributed by atoms with Crippen LogP contribution in [0.15, 0.2) is 12.2 Å². The molecule has 4 aliphatic carbocycles. The zero-order valence-corrected chi connectivity index (χ0v) is 24.6. The van der Waals surface area contributed by atoms with Gasteiger partial charge in [0.15, 0.2) is 0 Å². The van der Waals surface area contributed by atoms with E-state index in [1.807, 2.05) is 0 Å². The number of carbonyl (C=O) groups excluding carboxylic acids is 1. The molecule has 0 bridgehead atoms. The first kappa shape index (κ1) is 29.2.